The summed E-state index contributed by atoms with van der Waals surface area (Å²) in [5.41, 5.74) is 2.20. The molecular weight excluding hydrogens is 362 g/mol. The first-order valence-corrected chi connectivity index (χ1v) is 8.83. The van der Waals surface area contributed by atoms with Crippen LogP contribution in [0.4, 0.5) is 10.5 Å². The van der Waals surface area contributed by atoms with Crippen LogP contribution in [0.3, 0.4) is 0 Å². The fraction of sp³-hybridized carbons (Fsp3) is 0.250. The van der Waals surface area contributed by atoms with Crippen molar-refractivity contribution in [2.24, 2.45) is 0 Å². The molecule has 2 aromatic rings. The van der Waals surface area contributed by atoms with Crippen molar-refractivity contribution in [2.75, 3.05) is 31.6 Å². The van der Waals surface area contributed by atoms with Gasteiger partial charge in [-0.3, -0.25) is 9.69 Å². The zero-order valence-electron chi connectivity index (χ0n) is 15.4. The number of carboxylic acid groups (broad SMARTS) is 1. The van der Waals surface area contributed by atoms with Crippen LogP contribution < -0.4 is 20.3 Å². The SMILES string of the molecule is COc1cc(C(=O)O)ccc1CCNC(=O)c1ccc(N2CCNC2=O)cc1. The molecule has 0 unspecified atom stereocenters. The van der Waals surface area contributed by atoms with E-state index in [1.54, 1.807) is 35.2 Å². The first kappa shape index (κ1) is 19.2. The predicted octanol–water partition coefficient (Wildman–Crippen LogP) is 1.90. The third-order valence-electron chi connectivity index (χ3n) is 4.51. The van der Waals surface area contributed by atoms with Gasteiger partial charge in [0.25, 0.3) is 5.91 Å². The summed E-state index contributed by atoms with van der Waals surface area (Å²) in [4.78, 5) is 36.6. The average Bonchev–Trinajstić information content (AvgIpc) is 3.14. The van der Waals surface area contributed by atoms with Crippen LogP contribution >= 0.6 is 0 Å². The van der Waals surface area contributed by atoms with Crippen molar-refractivity contribution in [2.45, 2.75) is 6.42 Å². The van der Waals surface area contributed by atoms with Crippen LogP contribution in [0.2, 0.25) is 0 Å². The Balaban J connectivity index is 1.57. The Kier molecular flexibility index (Phi) is 5.78. The highest BCUT2D eigenvalue weighted by atomic mass is 16.5. The Morgan fingerprint density at radius 3 is 2.50 bits per heavy atom. The molecule has 8 heteroatoms. The monoisotopic (exact) mass is 383 g/mol. The molecule has 0 aromatic heterocycles. The molecule has 0 atom stereocenters. The Labute approximate surface area is 162 Å². The van der Waals surface area contributed by atoms with Crippen LogP contribution in [0.5, 0.6) is 5.75 Å². The second-order valence-electron chi connectivity index (χ2n) is 6.27. The molecule has 28 heavy (non-hydrogen) atoms. The largest absolute Gasteiger partial charge is 0.496 e. The first-order chi connectivity index (χ1) is 13.5. The van der Waals surface area contributed by atoms with Gasteiger partial charge in [-0.1, -0.05) is 6.07 Å². The van der Waals surface area contributed by atoms with Gasteiger partial charge in [0, 0.05) is 30.9 Å². The van der Waals surface area contributed by atoms with Crippen molar-refractivity contribution in [1.82, 2.24) is 10.6 Å². The number of hydrogen-bond donors (Lipinski definition) is 3. The number of nitrogens with one attached hydrogen (secondary N) is 2. The highest BCUT2D eigenvalue weighted by Crippen LogP contribution is 2.21. The summed E-state index contributed by atoms with van der Waals surface area (Å²) in [5, 5.41) is 14.6. The van der Waals surface area contributed by atoms with E-state index in [1.807, 2.05) is 0 Å². The molecule has 8 nitrogen and oxygen atoms in total. The number of urea groups is 1. The molecule has 146 valence electrons. The number of carbonyl (C=O) groups is 3. The summed E-state index contributed by atoms with van der Waals surface area (Å²) in [6.45, 7) is 1.59. The molecule has 1 fully saturated rings. The number of benzene rings is 2. The zero-order valence-corrected chi connectivity index (χ0v) is 15.4. The maximum absolute atomic E-state index is 12.3. The van der Waals surface area contributed by atoms with Gasteiger partial charge < -0.3 is 20.5 Å². The molecule has 1 saturated heterocycles. The summed E-state index contributed by atoms with van der Waals surface area (Å²) in [6.07, 6.45) is 0.501. The third kappa shape index (κ3) is 4.22. The van der Waals surface area contributed by atoms with Crippen molar-refractivity contribution in [1.29, 1.82) is 0 Å². The van der Waals surface area contributed by atoms with Gasteiger partial charge in [-0.15, -0.1) is 0 Å². The maximum Gasteiger partial charge on any atom is 0.335 e. The molecule has 2 aromatic carbocycles. The number of amides is 3. The number of carbonyl (C=O) groups excluding carboxylic acids is 2. The Morgan fingerprint density at radius 2 is 1.89 bits per heavy atom. The summed E-state index contributed by atoms with van der Waals surface area (Å²) in [6, 6.07) is 11.4. The number of rotatable bonds is 7. The smallest absolute Gasteiger partial charge is 0.335 e. The van der Waals surface area contributed by atoms with E-state index >= 15 is 0 Å². The minimum atomic E-state index is -1.02. The molecule has 0 saturated carbocycles. The average molecular weight is 383 g/mol. The van der Waals surface area contributed by atoms with Gasteiger partial charge in [-0.2, -0.15) is 0 Å². The lowest BCUT2D eigenvalue weighted by molar-refractivity contribution is 0.0696. The van der Waals surface area contributed by atoms with Crippen LogP contribution in [0, 0.1) is 0 Å². The minimum absolute atomic E-state index is 0.139. The second kappa shape index (κ2) is 8.43. The molecule has 3 rings (SSSR count). The van der Waals surface area contributed by atoms with E-state index in [4.69, 9.17) is 9.84 Å². The maximum atomic E-state index is 12.3. The minimum Gasteiger partial charge on any atom is -0.496 e. The third-order valence-corrected chi connectivity index (χ3v) is 4.51. The molecule has 3 N–H and O–H groups in total. The molecule has 0 bridgehead atoms. The van der Waals surface area contributed by atoms with Crippen molar-refractivity contribution in [3.8, 4) is 5.75 Å². The topological polar surface area (TPSA) is 108 Å². The number of nitrogens with zero attached hydrogens (tertiary/aromatic N) is 1. The van der Waals surface area contributed by atoms with Crippen molar-refractivity contribution in [3.63, 3.8) is 0 Å². The molecule has 0 spiro atoms. The van der Waals surface area contributed by atoms with E-state index in [1.165, 1.54) is 19.2 Å². The van der Waals surface area contributed by atoms with Gasteiger partial charge in [0.2, 0.25) is 0 Å². The van der Waals surface area contributed by atoms with Gasteiger partial charge in [-0.05, 0) is 48.4 Å². The first-order valence-electron chi connectivity index (χ1n) is 8.83. The molecule has 1 heterocycles. The molecule has 3 amide bonds. The molecule has 1 aliphatic heterocycles. The van der Waals surface area contributed by atoms with Gasteiger partial charge >= 0.3 is 12.0 Å². The van der Waals surface area contributed by atoms with Crippen LogP contribution in [-0.4, -0.2) is 49.8 Å². The quantitative estimate of drug-likeness (QED) is 0.677. The zero-order chi connectivity index (χ0) is 20.1. The van der Waals surface area contributed by atoms with Crippen molar-refractivity contribution < 1.29 is 24.2 Å². The second-order valence-corrected chi connectivity index (χ2v) is 6.27. The van der Waals surface area contributed by atoms with Gasteiger partial charge in [0.15, 0.2) is 0 Å². The fourth-order valence-corrected chi connectivity index (χ4v) is 3.01. The van der Waals surface area contributed by atoms with Crippen LogP contribution in [0.15, 0.2) is 42.5 Å². The number of ether oxygens (including phenoxy) is 1. The normalized spacial score (nSPS) is 13.2. The van der Waals surface area contributed by atoms with Crippen LogP contribution in [0.25, 0.3) is 0 Å². The van der Waals surface area contributed by atoms with E-state index in [2.05, 4.69) is 10.6 Å². The number of hydrogen-bond acceptors (Lipinski definition) is 4. The van der Waals surface area contributed by atoms with E-state index in [0.717, 1.165) is 11.3 Å². The number of anilines is 1. The standard InChI is InChI=1S/C20H21N3O5/c1-28-17-12-15(19(25)26)3-2-13(17)8-9-21-18(24)14-4-6-16(7-5-14)23-11-10-22-20(23)27/h2-7,12H,8-11H2,1H3,(H,21,24)(H,22,27)(H,25,26). The highest BCUT2D eigenvalue weighted by Gasteiger charge is 2.21. The molecule has 0 aliphatic carbocycles. The Hall–Kier alpha value is -3.55. The summed E-state index contributed by atoms with van der Waals surface area (Å²) >= 11 is 0. The highest BCUT2D eigenvalue weighted by molar-refractivity contribution is 5.97. The molecular formula is C20H21N3O5. The number of methoxy groups -OCH3 is 1. The Morgan fingerprint density at radius 1 is 1.18 bits per heavy atom. The van der Waals surface area contributed by atoms with Crippen LogP contribution in [0.1, 0.15) is 26.3 Å². The van der Waals surface area contributed by atoms with E-state index in [9.17, 15) is 14.4 Å². The summed E-state index contributed by atoms with van der Waals surface area (Å²) in [5.74, 6) is -0.769. The Bertz CT molecular complexity index is 895. The number of aromatic carboxylic acids is 1. The fourth-order valence-electron chi connectivity index (χ4n) is 3.01. The predicted molar refractivity (Wildman–Crippen MR) is 103 cm³/mol. The lowest BCUT2D eigenvalue weighted by Gasteiger charge is -2.14. The van der Waals surface area contributed by atoms with E-state index in [-0.39, 0.29) is 17.5 Å². The van der Waals surface area contributed by atoms with Gasteiger partial charge in [-0.25, -0.2) is 9.59 Å². The molecule has 0 radical (unpaired) electrons. The van der Waals surface area contributed by atoms with Gasteiger partial charge in [0.05, 0.1) is 12.7 Å². The number of carboxylic acids is 1. The summed E-state index contributed by atoms with van der Waals surface area (Å²) < 4.78 is 5.24. The lowest BCUT2D eigenvalue weighted by Crippen LogP contribution is -2.28. The lowest BCUT2D eigenvalue weighted by atomic mass is 10.1. The van der Waals surface area contributed by atoms with Crippen molar-refractivity contribution in [3.05, 3.63) is 59.2 Å². The van der Waals surface area contributed by atoms with Crippen molar-refractivity contribution >= 4 is 23.6 Å². The van der Waals surface area contributed by atoms with E-state index in [0.29, 0.717) is 37.4 Å². The van der Waals surface area contributed by atoms with E-state index < -0.39 is 5.97 Å². The van der Waals surface area contributed by atoms with Gasteiger partial charge in [0.1, 0.15) is 5.75 Å². The summed E-state index contributed by atoms with van der Waals surface area (Å²) in [7, 11) is 1.48. The van der Waals surface area contributed by atoms with Crippen LogP contribution in [-0.2, 0) is 6.42 Å². The molecule has 1 aliphatic rings.